The van der Waals surface area contributed by atoms with Crippen molar-refractivity contribution in [3.8, 4) is 0 Å². The summed E-state index contributed by atoms with van der Waals surface area (Å²) in [7, 11) is 0. The van der Waals surface area contributed by atoms with E-state index in [4.69, 9.17) is 16.4 Å². The van der Waals surface area contributed by atoms with Gasteiger partial charge in [-0.05, 0) is 62.1 Å². The highest BCUT2D eigenvalue weighted by Gasteiger charge is 2.40. The predicted molar refractivity (Wildman–Crippen MR) is 150 cm³/mol. The quantitative estimate of drug-likeness (QED) is 0.214. The number of likely N-dealkylation sites (tertiary alicyclic amines) is 1. The van der Waals surface area contributed by atoms with Gasteiger partial charge in [-0.25, -0.2) is 0 Å². The van der Waals surface area contributed by atoms with Crippen LogP contribution in [-0.2, 0) is 22.3 Å². The molecule has 1 saturated heterocycles. The third kappa shape index (κ3) is 8.69. The summed E-state index contributed by atoms with van der Waals surface area (Å²) >= 11 is 6.68. The molecule has 2 fully saturated rings. The summed E-state index contributed by atoms with van der Waals surface area (Å²) < 4.78 is 42.2. The van der Waals surface area contributed by atoms with E-state index in [9.17, 15) is 18.0 Å². The Morgan fingerprint density at radius 1 is 1.18 bits per heavy atom. The van der Waals surface area contributed by atoms with E-state index in [1.807, 2.05) is 31.9 Å². The second kappa shape index (κ2) is 15.2. The van der Waals surface area contributed by atoms with E-state index in [2.05, 4.69) is 30.4 Å². The normalized spacial score (nSPS) is 18.6. The van der Waals surface area contributed by atoms with Gasteiger partial charge in [-0.2, -0.15) is 18.3 Å². The Bertz CT molecular complexity index is 1080. The van der Waals surface area contributed by atoms with Crippen molar-refractivity contribution in [1.82, 2.24) is 14.7 Å². The Morgan fingerprint density at radius 2 is 1.85 bits per heavy atom. The lowest BCUT2D eigenvalue weighted by molar-refractivity contribution is -0.144. The zero-order valence-electron chi connectivity index (χ0n) is 23.3. The van der Waals surface area contributed by atoms with Crippen LogP contribution in [0.3, 0.4) is 0 Å². The summed E-state index contributed by atoms with van der Waals surface area (Å²) in [6.45, 7) is 13.1. The monoisotopic (exact) mass is 567 g/mol. The summed E-state index contributed by atoms with van der Waals surface area (Å²) in [5.74, 6) is 0.371. The Kier molecular flexibility index (Phi) is 12.7. The molecule has 0 spiro atoms. The first-order valence-electron chi connectivity index (χ1n) is 13.7. The van der Waals surface area contributed by atoms with Crippen LogP contribution in [0.25, 0.3) is 0 Å². The van der Waals surface area contributed by atoms with Crippen LogP contribution >= 0.6 is 11.6 Å². The third-order valence-electron chi connectivity index (χ3n) is 7.28. The van der Waals surface area contributed by atoms with Crippen molar-refractivity contribution in [2.24, 2.45) is 5.92 Å². The topological polar surface area (TPSA) is 55.2 Å². The van der Waals surface area contributed by atoms with Gasteiger partial charge in [0, 0.05) is 29.6 Å². The van der Waals surface area contributed by atoms with Crippen LogP contribution in [0.1, 0.15) is 99.7 Å². The molecule has 1 aliphatic heterocycles. The fraction of sp³-hybridized carbons (Fsp3) is 0.567. The number of aldehydes is 1. The maximum Gasteiger partial charge on any atom is 0.433 e. The van der Waals surface area contributed by atoms with Crippen molar-refractivity contribution >= 4 is 24.7 Å². The molecule has 39 heavy (non-hydrogen) atoms. The molecule has 2 aliphatic rings. The number of halogens is 4. The average Bonchev–Trinajstić information content (AvgIpc) is 3.54. The summed E-state index contributed by atoms with van der Waals surface area (Å²) in [5, 5.41) is 4.98. The number of allylic oxidation sites excluding steroid dienone is 1. The van der Waals surface area contributed by atoms with E-state index in [0.717, 1.165) is 54.2 Å². The van der Waals surface area contributed by atoms with Crippen LogP contribution in [0.2, 0.25) is 5.02 Å². The fourth-order valence-electron chi connectivity index (χ4n) is 4.92. The van der Waals surface area contributed by atoms with E-state index < -0.39 is 11.9 Å². The zero-order valence-corrected chi connectivity index (χ0v) is 24.0. The van der Waals surface area contributed by atoms with Crippen molar-refractivity contribution in [2.45, 2.75) is 96.8 Å². The van der Waals surface area contributed by atoms with E-state index in [-0.39, 0.29) is 24.4 Å². The lowest BCUT2D eigenvalue weighted by Crippen LogP contribution is -2.28. The Labute approximate surface area is 235 Å². The van der Waals surface area contributed by atoms with Gasteiger partial charge in [0.15, 0.2) is 0 Å². The van der Waals surface area contributed by atoms with Gasteiger partial charge >= 0.3 is 6.18 Å². The summed E-state index contributed by atoms with van der Waals surface area (Å²) in [6.07, 6.45) is 3.85. The molecule has 0 N–H and O–H groups in total. The van der Waals surface area contributed by atoms with Crippen molar-refractivity contribution in [1.29, 1.82) is 0 Å². The summed E-state index contributed by atoms with van der Waals surface area (Å²) in [5.41, 5.74) is 2.30. The molecule has 1 aromatic carbocycles. The van der Waals surface area contributed by atoms with Gasteiger partial charge in [0.2, 0.25) is 0 Å². The number of carbonyl (C=O) groups excluding carboxylic acids is 2. The van der Waals surface area contributed by atoms with Crippen LogP contribution in [-0.4, -0.2) is 34.3 Å². The molecule has 2 atom stereocenters. The molecular weight excluding hydrogens is 527 g/mol. The highest BCUT2D eigenvalue weighted by molar-refractivity contribution is 6.32. The standard InChI is InChI=1S/C25H29ClF3N3O.C4H10.CH2O/c1-16-6-5-8-20(23(16)26)24-19(7-3-4-13-33)11-12-31(24)17(2)15-32-22(25(27,28)29)14-21(30-32)18-9-10-18;1-3-4-2;1-2/h5-6,8,13-14,18-19,24H,2-4,7,9-12,15H2,1H3;3-4H2,1-2H3;1H2/t19-,24+;;/m0../s1. The maximum atomic E-state index is 13.7. The summed E-state index contributed by atoms with van der Waals surface area (Å²) in [6, 6.07) is 6.98. The highest BCUT2D eigenvalue weighted by atomic mass is 35.5. The van der Waals surface area contributed by atoms with Crippen LogP contribution in [0, 0.1) is 12.8 Å². The van der Waals surface area contributed by atoms with Crippen LogP contribution in [0.5, 0.6) is 0 Å². The van der Waals surface area contributed by atoms with Gasteiger partial charge in [-0.3, -0.25) is 4.68 Å². The number of hydrogen-bond acceptors (Lipinski definition) is 4. The number of aryl methyl sites for hydroxylation is 1. The molecule has 2 heterocycles. The molecule has 0 bridgehead atoms. The van der Waals surface area contributed by atoms with E-state index in [1.165, 1.54) is 18.9 Å². The zero-order chi connectivity index (χ0) is 29.2. The molecule has 1 aromatic heterocycles. The number of rotatable bonds is 10. The molecule has 1 saturated carbocycles. The third-order valence-corrected chi connectivity index (χ3v) is 7.80. The van der Waals surface area contributed by atoms with Gasteiger partial charge in [0.05, 0.1) is 18.3 Å². The van der Waals surface area contributed by atoms with E-state index in [1.54, 1.807) is 0 Å². The van der Waals surface area contributed by atoms with Crippen LogP contribution in [0.15, 0.2) is 36.5 Å². The second-order valence-electron chi connectivity index (χ2n) is 10.2. The number of carbonyl (C=O) groups is 2. The van der Waals surface area contributed by atoms with Crippen LogP contribution < -0.4 is 0 Å². The Balaban J connectivity index is 0.000000815. The molecule has 0 unspecified atom stereocenters. The Morgan fingerprint density at radius 3 is 2.41 bits per heavy atom. The number of nitrogens with zero attached hydrogens (tertiary/aromatic N) is 3. The van der Waals surface area contributed by atoms with Gasteiger partial charge in [0.25, 0.3) is 0 Å². The van der Waals surface area contributed by atoms with Gasteiger partial charge in [0.1, 0.15) is 18.8 Å². The molecule has 5 nitrogen and oxygen atoms in total. The second-order valence-corrected chi connectivity index (χ2v) is 10.6. The number of aromatic nitrogens is 2. The van der Waals surface area contributed by atoms with Gasteiger partial charge in [-0.15, -0.1) is 0 Å². The van der Waals surface area contributed by atoms with Crippen molar-refractivity contribution in [3.05, 3.63) is 64.1 Å². The first-order chi connectivity index (χ1) is 18.6. The number of alkyl halides is 3. The van der Waals surface area contributed by atoms with Gasteiger partial charge < -0.3 is 14.5 Å². The largest absolute Gasteiger partial charge is 0.433 e. The minimum atomic E-state index is -4.47. The molecule has 0 amide bonds. The molecule has 0 radical (unpaired) electrons. The minimum absolute atomic E-state index is 0.0252. The highest BCUT2D eigenvalue weighted by Crippen LogP contribution is 2.46. The lowest BCUT2D eigenvalue weighted by atomic mass is 9.88. The van der Waals surface area contributed by atoms with Crippen molar-refractivity contribution in [3.63, 3.8) is 0 Å². The molecule has 4 rings (SSSR count). The van der Waals surface area contributed by atoms with Crippen molar-refractivity contribution < 1.29 is 22.8 Å². The SMILES string of the molecule is C=C(Cn1nc(C2CC2)cc1C(F)(F)F)N1CC[C@H](CCCC=O)[C@@H]1c1cccc(C)c1Cl.C=O.CCCC. The maximum absolute atomic E-state index is 13.7. The van der Waals surface area contributed by atoms with Gasteiger partial charge in [-0.1, -0.05) is 63.1 Å². The van der Waals surface area contributed by atoms with Crippen molar-refractivity contribution in [2.75, 3.05) is 6.54 Å². The smallest absolute Gasteiger partial charge is 0.366 e. The molecule has 2 aromatic rings. The molecule has 9 heteroatoms. The first-order valence-corrected chi connectivity index (χ1v) is 14.1. The number of hydrogen-bond donors (Lipinski definition) is 0. The molecule has 216 valence electrons. The predicted octanol–water partition coefficient (Wildman–Crippen LogP) is 8.31. The van der Waals surface area contributed by atoms with E-state index >= 15 is 0 Å². The average molecular weight is 568 g/mol. The van der Waals surface area contributed by atoms with E-state index in [0.29, 0.717) is 29.4 Å². The molecular formula is C30H41ClF3N3O2. The van der Waals surface area contributed by atoms with Crippen LogP contribution in [0.4, 0.5) is 13.2 Å². The lowest BCUT2D eigenvalue weighted by Gasteiger charge is -2.33. The Hall–Kier alpha value is -2.61. The minimum Gasteiger partial charge on any atom is -0.366 e. The summed E-state index contributed by atoms with van der Waals surface area (Å²) in [4.78, 5) is 20.9. The first kappa shape index (κ1) is 32.6. The fourth-order valence-corrected chi connectivity index (χ4v) is 5.16. The number of unbranched alkanes of at least 4 members (excludes halogenated alkanes) is 2. The number of benzene rings is 1. The molecule has 1 aliphatic carbocycles.